The molecule has 0 saturated heterocycles. The van der Waals surface area contributed by atoms with Gasteiger partial charge in [0.25, 0.3) is 10.0 Å². The standard InChI is InChI=1S/C20H16N2O2S/c23-25(24,17-9-2-1-3-10-17)21-18-11-5-7-13-20(18)22-15-14-16-8-4-6-12-19(16)22/h1-15,21H. The normalized spacial score (nSPS) is 11.5. The van der Waals surface area contributed by atoms with Crippen molar-refractivity contribution in [2.24, 2.45) is 0 Å². The summed E-state index contributed by atoms with van der Waals surface area (Å²) in [5.41, 5.74) is 2.34. The summed E-state index contributed by atoms with van der Waals surface area (Å²) < 4.78 is 30.0. The van der Waals surface area contributed by atoms with Crippen LogP contribution in [0.3, 0.4) is 0 Å². The smallest absolute Gasteiger partial charge is 0.261 e. The fourth-order valence-electron chi connectivity index (χ4n) is 2.87. The fourth-order valence-corrected chi connectivity index (χ4v) is 3.96. The van der Waals surface area contributed by atoms with Gasteiger partial charge in [-0.05, 0) is 41.8 Å². The maximum absolute atomic E-state index is 12.7. The monoisotopic (exact) mass is 348 g/mol. The van der Waals surface area contributed by atoms with E-state index in [4.69, 9.17) is 0 Å². The van der Waals surface area contributed by atoms with Gasteiger partial charge in [-0.25, -0.2) is 8.42 Å². The molecule has 0 atom stereocenters. The predicted molar refractivity (Wildman–Crippen MR) is 101 cm³/mol. The van der Waals surface area contributed by atoms with Gasteiger partial charge in [0.2, 0.25) is 0 Å². The van der Waals surface area contributed by atoms with Gasteiger partial charge in [0, 0.05) is 6.20 Å². The molecule has 0 bridgehead atoms. The van der Waals surface area contributed by atoms with E-state index in [2.05, 4.69) is 4.72 Å². The number of nitrogens with one attached hydrogen (secondary N) is 1. The quantitative estimate of drug-likeness (QED) is 0.593. The Labute approximate surface area is 146 Å². The molecule has 0 unspecified atom stereocenters. The van der Waals surface area contributed by atoms with Crippen LogP contribution >= 0.6 is 0 Å². The second kappa shape index (κ2) is 6.11. The third-order valence-corrected chi connectivity index (χ3v) is 5.44. The van der Waals surface area contributed by atoms with Crippen molar-refractivity contribution in [1.82, 2.24) is 4.57 Å². The third kappa shape index (κ3) is 2.90. The Morgan fingerprint density at radius 1 is 0.720 bits per heavy atom. The molecule has 1 heterocycles. The molecule has 4 aromatic rings. The number of rotatable bonds is 4. The largest absolute Gasteiger partial charge is 0.315 e. The van der Waals surface area contributed by atoms with Crippen molar-refractivity contribution in [2.45, 2.75) is 4.90 Å². The first kappa shape index (κ1) is 15.5. The van der Waals surface area contributed by atoms with E-state index in [1.807, 2.05) is 59.3 Å². The van der Waals surface area contributed by atoms with Gasteiger partial charge in [-0.15, -0.1) is 0 Å². The van der Waals surface area contributed by atoms with Crippen LogP contribution in [0.1, 0.15) is 0 Å². The SMILES string of the molecule is O=S(=O)(Nc1ccccc1-n1ccc2ccccc21)c1ccccc1. The molecule has 0 aliphatic carbocycles. The van der Waals surface area contributed by atoms with Gasteiger partial charge in [0.05, 0.1) is 21.8 Å². The van der Waals surface area contributed by atoms with Crippen molar-refractivity contribution in [1.29, 1.82) is 0 Å². The van der Waals surface area contributed by atoms with Crippen molar-refractivity contribution in [2.75, 3.05) is 4.72 Å². The lowest BCUT2D eigenvalue weighted by Crippen LogP contribution is -2.14. The number of aromatic nitrogens is 1. The van der Waals surface area contributed by atoms with Crippen LogP contribution in [0.2, 0.25) is 0 Å². The molecule has 0 saturated carbocycles. The Balaban J connectivity index is 1.80. The maximum atomic E-state index is 12.7. The molecular weight excluding hydrogens is 332 g/mol. The number of para-hydroxylation sites is 3. The van der Waals surface area contributed by atoms with Crippen molar-refractivity contribution in [3.63, 3.8) is 0 Å². The summed E-state index contributed by atoms with van der Waals surface area (Å²) in [5, 5.41) is 1.10. The van der Waals surface area contributed by atoms with Crippen molar-refractivity contribution in [3.05, 3.63) is 91.1 Å². The Morgan fingerprint density at radius 3 is 2.24 bits per heavy atom. The Morgan fingerprint density at radius 2 is 1.40 bits per heavy atom. The average Bonchev–Trinajstić information content (AvgIpc) is 3.07. The van der Waals surface area contributed by atoms with E-state index in [1.54, 1.807) is 36.4 Å². The van der Waals surface area contributed by atoms with E-state index in [9.17, 15) is 8.42 Å². The molecule has 0 aliphatic heterocycles. The highest BCUT2D eigenvalue weighted by molar-refractivity contribution is 7.92. The molecule has 0 amide bonds. The van der Waals surface area contributed by atoms with Gasteiger partial charge < -0.3 is 4.57 Å². The minimum absolute atomic E-state index is 0.238. The van der Waals surface area contributed by atoms with Gasteiger partial charge in [0.15, 0.2) is 0 Å². The molecule has 0 aliphatic rings. The zero-order chi connectivity index (χ0) is 17.3. The first-order valence-corrected chi connectivity index (χ1v) is 9.37. The third-order valence-electron chi connectivity index (χ3n) is 4.06. The zero-order valence-electron chi connectivity index (χ0n) is 13.3. The lowest BCUT2D eigenvalue weighted by atomic mass is 10.2. The molecule has 124 valence electrons. The minimum atomic E-state index is -3.64. The molecule has 0 spiro atoms. The lowest BCUT2D eigenvalue weighted by molar-refractivity contribution is 0.601. The van der Waals surface area contributed by atoms with Gasteiger partial charge in [-0.2, -0.15) is 0 Å². The van der Waals surface area contributed by atoms with E-state index < -0.39 is 10.0 Å². The van der Waals surface area contributed by atoms with Crippen LogP contribution in [0.5, 0.6) is 0 Å². The summed E-state index contributed by atoms with van der Waals surface area (Å²) in [6.07, 6.45) is 1.94. The van der Waals surface area contributed by atoms with E-state index in [-0.39, 0.29) is 4.90 Å². The molecule has 0 radical (unpaired) electrons. The highest BCUT2D eigenvalue weighted by Crippen LogP contribution is 2.27. The second-order valence-corrected chi connectivity index (χ2v) is 7.36. The topological polar surface area (TPSA) is 51.1 Å². The molecule has 5 heteroatoms. The first-order valence-electron chi connectivity index (χ1n) is 7.88. The summed E-state index contributed by atoms with van der Waals surface area (Å²) in [6.45, 7) is 0. The Kier molecular flexibility index (Phi) is 3.78. The highest BCUT2D eigenvalue weighted by Gasteiger charge is 2.16. The van der Waals surface area contributed by atoms with Crippen LogP contribution in [0.15, 0.2) is 96.0 Å². The van der Waals surface area contributed by atoms with Crippen LogP contribution in [0.25, 0.3) is 16.6 Å². The summed E-state index contributed by atoms with van der Waals surface area (Å²) in [7, 11) is -3.64. The summed E-state index contributed by atoms with van der Waals surface area (Å²) >= 11 is 0. The molecule has 3 aromatic carbocycles. The van der Waals surface area contributed by atoms with E-state index in [0.717, 1.165) is 16.6 Å². The van der Waals surface area contributed by atoms with Crippen LogP contribution in [-0.4, -0.2) is 13.0 Å². The summed E-state index contributed by atoms with van der Waals surface area (Å²) in [6, 6.07) is 25.7. The zero-order valence-corrected chi connectivity index (χ0v) is 14.1. The van der Waals surface area contributed by atoms with Crippen LogP contribution < -0.4 is 4.72 Å². The van der Waals surface area contributed by atoms with E-state index in [1.165, 1.54) is 0 Å². The Hall–Kier alpha value is -3.05. The molecule has 0 fully saturated rings. The Bertz CT molecular complexity index is 1130. The van der Waals surface area contributed by atoms with E-state index in [0.29, 0.717) is 5.69 Å². The van der Waals surface area contributed by atoms with Gasteiger partial charge in [0.1, 0.15) is 0 Å². The average molecular weight is 348 g/mol. The van der Waals surface area contributed by atoms with Crippen molar-refractivity contribution in [3.8, 4) is 5.69 Å². The molecule has 4 nitrogen and oxygen atoms in total. The molecule has 1 N–H and O–H groups in total. The van der Waals surface area contributed by atoms with E-state index >= 15 is 0 Å². The van der Waals surface area contributed by atoms with Gasteiger partial charge in [-0.3, -0.25) is 4.72 Å². The molecular formula is C20H16N2O2S. The molecule has 25 heavy (non-hydrogen) atoms. The van der Waals surface area contributed by atoms with Crippen LogP contribution in [0.4, 0.5) is 5.69 Å². The second-order valence-electron chi connectivity index (χ2n) is 5.68. The summed E-state index contributed by atoms with van der Waals surface area (Å²) in [5.74, 6) is 0. The number of fused-ring (bicyclic) bond motifs is 1. The van der Waals surface area contributed by atoms with Crippen LogP contribution in [-0.2, 0) is 10.0 Å². The summed E-state index contributed by atoms with van der Waals surface area (Å²) in [4.78, 5) is 0.238. The fraction of sp³-hybridized carbons (Fsp3) is 0. The number of hydrogen-bond donors (Lipinski definition) is 1. The molecule has 4 rings (SSSR count). The van der Waals surface area contributed by atoms with Gasteiger partial charge >= 0.3 is 0 Å². The van der Waals surface area contributed by atoms with Crippen molar-refractivity contribution >= 4 is 26.6 Å². The number of anilines is 1. The molecule has 1 aromatic heterocycles. The minimum Gasteiger partial charge on any atom is -0.315 e. The van der Waals surface area contributed by atoms with Gasteiger partial charge in [-0.1, -0.05) is 48.5 Å². The first-order chi connectivity index (χ1) is 12.1. The number of hydrogen-bond acceptors (Lipinski definition) is 2. The maximum Gasteiger partial charge on any atom is 0.261 e. The lowest BCUT2D eigenvalue weighted by Gasteiger charge is -2.14. The number of benzene rings is 3. The van der Waals surface area contributed by atoms with Crippen LogP contribution in [0, 0.1) is 0 Å². The number of sulfonamides is 1. The van der Waals surface area contributed by atoms with Crippen molar-refractivity contribution < 1.29 is 8.42 Å². The highest BCUT2D eigenvalue weighted by atomic mass is 32.2. The number of nitrogens with zero attached hydrogens (tertiary/aromatic N) is 1. The predicted octanol–water partition coefficient (Wildman–Crippen LogP) is 4.43.